The van der Waals surface area contributed by atoms with Crippen LogP contribution in [0.5, 0.6) is 0 Å². The third-order valence-electron chi connectivity index (χ3n) is 4.17. The van der Waals surface area contributed by atoms with Gasteiger partial charge < -0.3 is 8.98 Å². The molecule has 2 heteroatoms. The van der Waals surface area contributed by atoms with E-state index in [1.165, 1.54) is 10.9 Å². The van der Waals surface area contributed by atoms with Crippen LogP contribution in [0, 0.1) is 6.92 Å². The van der Waals surface area contributed by atoms with Crippen LogP contribution in [0.25, 0.3) is 27.9 Å². The second-order valence-electron chi connectivity index (χ2n) is 5.68. The molecule has 1 aliphatic carbocycles. The molecule has 0 atom stereocenters. The van der Waals surface area contributed by atoms with E-state index in [9.17, 15) is 0 Å². The van der Waals surface area contributed by atoms with Crippen LogP contribution in [0.15, 0.2) is 76.9 Å². The van der Waals surface area contributed by atoms with Crippen molar-refractivity contribution in [3.05, 3.63) is 83.8 Å². The highest BCUT2D eigenvalue weighted by Gasteiger charge is 2.20. The zero-order valence-corrected chi connectivity index (χ0v) is 13.2. The molecule has 0 saturated heterocycles. The van der Waals surface area contributed by atoms with Gasteiger partial charge in [-0.1, -0.05) is 36.4 Å². The van der Waals surface area contributed by atoms with Gasteiger partial charge in [-0.25, -0.2) is 0 Å². The lowest BCUT2D eigenvalue weighted by Crippen LogP contribution is -1.92. The molecule has 3 aromatic rings. The molecule has 0 aliphatic heterocycles. The fourth-order valence-corrected chi connectivity index (χ4v) is 3.13. The Bertz CT molecular complexity index is 1020. The molecule has 23 heavy (non-hydrogen) atoms. The van der Waals surface area contributed by atoms with Gasteiger partial charge in [0.05, 0.1) is 5.69 Å². The highest BCUT2D eigenvalue weighted by molar-refractivity contribution is 6.02. The van der Waals surface area contributed by atoms with Crippen LogP contribution in [-0.4, -0.2) is 4.57 Å². The van der Waals surface area contributed by atoms with Gasteiger partial charge in [0.15, 0.2) is 5.76 Å². The number of aryl methyl sites for hydroxylation is 2. The third-order valence-corrected chi connectivity index (χ3v) is 4.17. The number of hydrogen-bond donors (Lipinski definition) is 0. The van der Waals surface area contributed by atoms with E-state index in [-0.39, 0.29) is 0 Å². The molecule has 0 fully saturated rings. The van der Waals surface area contributed by atoms with Gasteiger partial charge in [-0.05, 0) is 37.3 Å². The highest BCUT2D eigenvalue weighted by atomic mass is 16.3. The van der Waals surface area contributed by atoms with Gasteiger partial charge in [-0.2, -0.15) is 0 Å². The summed E-state index contributed by atoms with van der Waals surface area (Å²) < 4.78 is 8.13. The second kappa shape index (κ2) is 5.35. The summed E-state index contributed by atoms with van der Waals surface area (Å²) in [5.74, 6) is 1.80. The van der Waals surface area contributed by atoms with Crippen molar-refractivity contribution in [3.8, 4) is 11.5 Å². The number of nitrogens with zero attached hydrogens (tertiary/aromatic N) is 1. The zero-order chi connectivity index (χ0) is 15.8. The van der Waals surface area contributed by atoms with Crippen molar-refractivity contribution in [2.24, 2.45) is 7.05 Å². The average molecular weight is 299 g/mol. The number of furan rings is 1. The minimum atomic E-state index is 0.885. The predicted octanol–water partition coefficient (Wildman–Crippen LogP) is 5.41. The molecule has 2 aromatic heterocycles. The summed E-state index contributed by atoms with van der Waals surface area (Å²) in [5.41, 5.74) is 7.88. The van der Waals surface area contributed by atoms with Crippen LogP contribution < -0.4 is 0 Å². The summed E-state index contributed by atoms with van der Waals surface area (Å²) in [7, 11) is 2.09. The van der Waals surface area contributed by atoms with E-state index in [0.29, 0.717) is 0 Å². The minimum absolute atomic E-state index is 0.885. The quantitative estimate of drug-likeness (QED) is 0.578. The molecule has 1 aromatic carbocycles. The van der Waals surface area contributed by atoms with Crippen LogP contribution in [0.1, 0.15) is 11.3 Å². The van der Waals surface area contributed by atoms with Crippen molar-refractivity contribution in [1.29, 1.82) is 0 Å². The maximum Gasteiger partial charge on any atom is 0.151 e. The van der Waals surface area contributed by atoms with Crippen molar-refractivity contribution < 1.29 is 4.42 Å². The summed E-state index contributed by atoms with van der Waals surface area (Å²) >= 11 is 0. The molecule has 0 unspecified atom stereocenters. The molecule has 0 spiro atoms. The van der Waals surface area contributed by atoms with Crippen molar-refractivity contribution >= 4 is 16.5 Å². The lowest BCUT2D eigenvalue weighted by Gasteiger charge is -2.05. The first kappa shape index (κ1) is 13.7. The Labute approximate surface area is 135 Å². The number of rotatable bonds is 2. The molecular formula is C21H17NO. The van der Waals surface area contributed by atoms with E-state index in [1.807, 2.05) is 43.4 Å². The number of para-hydroxylation sites is 1. The van der Waals surface area contributed by atoms with Crippen molar-refractivity contribution in [2.45, 2.75) is 6.92 Å². The van der Waals surface area contributed by atoms with Crippen molar-refractivity contribution in [2.75, 3.05) is 0 Å². The Balaban J connectivity index is 2.11. The molecular weight excluding hydrogens is 282 g/mol. The first-order chi connectivity index (χ1) is 11.3. The molecule has 112 valence electrons. The third kappa shape index (κ3) is 2.21. The predicted molar refractivity (Wildman–Crippen MR) is 95.1 cm³/mol. The van der Waals surface area contributed by atoms with Gasteiger partial charge in [0, 0.05) is 29.1 Å². The number of fused-ring (bicyclic) bond motifs is 1. The van der Waals surface area contributed by atoms with E-state index in [4.69, 9.17) is 4.42 Å². The number of hydrogen-bond acceptors (Lipinski definition) is 1. The SMILES string of the molecule is Cc1ccc(-c2c(C3=C=CC=CC=C3)c3ccccc3n2C)o1. The first-order valence-corrected chi connectivity index (χ1v) is 7.70. The molecule has 4 rings (SSSR count). The van der Waals surface area contributed by atoms with Crippen LogP contribution in [0.2, 0.25) is 0 Å². The lowest BCUT2D eigenvalue weighted by atomic mass is 10.0. The molecule has 0 amide bonds. The first-order valence-electron chi connectivity index (χ1n) is 7.70. The smallest absolute Gasteiger partial charge is 0.151 e. The van der Waals surface area contributed by atoms with Crippen LogP contribution in [0.4, 0.5) is 0 Å². The standard InChI is InChI=1S/C21H17NO/c1-15-13-14-19(23-15)21-20(16-9-5-3-4-6-10-16)17-11-7-8-12-18(17)22(21)2/h3-9,11-14H,1-2H3. The number of allylic oxidation sites excluding steroid dienone is 5. The minimum Gasteiger partial charge on any atom is -0.460 e. The molecule has 0 radical (unpaired) electrons. The van der Waals surface area contributed by atoms with E-state index in [0.717, 1.165) is 28.4 Å². The summed E-state index contributed by atoms with van der Waals surface area (Å²) in [6, 6.07) is 12.5. The molecule has 2 nitrogen and oxygen atoms in total. The van der Waals surface area contributed by atoms with Gasteiger partial charge in [0.2, 0.25) is 0 Å². The Morgan fingerprint density at radius 3 is 2.70 bits per heavy atom. The summed E-state index contributed by atoms with van der Waals surface area (Å²) in [6.45, 7) is 1.97. The summed E-state index contributed by atoms with van der Waals surface area (Å²) in [5, 5.41) is 1.21. The largest absolute Gasteiger partial charge is 0.460 e. The van der Waals surface area contributed by atoms with E-state index in [1.54, 1.807) is 0 Å². The maximum absolute atomic E-state index is 5.93. The average Bonchev–Trinajstić information content (AvgIpc) is 2.98. The van der Waals surface area contributed by atoms with Gasteiger partial charge in [-0.3, -0.25) is 0 Å². The second-order valence-corrected chi connectivity index (χ2v) is 5.68. The van der Waals surface area contributed by atoms with Gasteiger partial charge in [0.25, 0.3) is 0 Å². The summed E-state index contributed by atoms with van der Waals surface area (Å²) in [4.78, 5) is 0. The lowest BCUT2D eigenvalue weighted by molar-refractivity contribution is 0.544. The van der Waals surface area contributed by atoms with Crippen LogP contribution in [-0.2, 0) is 7.05 Å². The molecule has 0 bridgehead atoms. The van der Waals surface area contributed by atoms with E-state index in [2.05, 4.69) is 47.7 Å². The van der Waals surface area contributed by atoms with Crippen molar-refractivity contribution in [3.63, 3.8) is 0 Å². The molecule has 0 N–H and O–H groups in total. The van der Waals surface area contributed by atoms with Gasteiger partial charge in [-0.15, -0.1) is 5.73 Å². The Morgan fingerprint density at radius 2 is 1.87 bits per heavy atom. The summed E-state index contributed by atoms with van der Waals surface area (Å²) in [6.07, 6.45) is 10.1. The van der Waals surface area contributed by atoms with E-state index >= 15 is 0 Å². The van der Waals surface area contributed by atoms with E-state index < -0.39 is 0 Å². The highest BCUT2D eigenvalue weighted by Crippen LogP contribution is 2.38. The van der Waals surface area contributed by atoms with Gasteiger partial charge in [0.1, 0.15) is 5.76 Å². The van der Waals surface area contributed by atoms with Crippen molar-refractivity contribution in [1.82, 2.24) is 4.57 Å². The maximum atomic E-state index is 5.93. The topological polar surface area (TPSA) is 18.1 Å². The van der Waals surface area contributed by atoms with Gasteiger partial charge >= 0.3 is 0 Å². The van der Waals surface area contributed by atoms with Crippen LogP contribution >= 0.6 is 0 Å². The van der Waals surface area contributed by atoms with Crippen LogP contribution in [0.3, 0.4) is 0 Å². The molecule has 2 heterocycles. The number of benzene rings is 1. The Kier molecular flexibility index (Phi) is 3.18. The molecule has 0 saturated carbocycles. The molecule has 1 aliphatic rings. The monoisotopic (exact) mass is 299 g/mol. The normalized spacial score (nSPS) is 13.6. The number of aromatic nitrogens is 1. The zero-order valence-electron chi connectivity index (χ0n) is 13.2. The fraction of sp³-hybridized carbons (Fsp3) is 0.0952. The Morgan fingerprint density at radius 1 is 1.00 bits per heavy atom. The Hall–Kier alpha value is -2.96. The fourth-order valence-electron chi connectivity index (χ4n) is 3.13.